The molecule has 0 spiro atoms. The monoisotopic (exact) mass is 340 g/mol. The molecular formula is C19H24N4O2. The van der Waals surface area contributed by atoms with Crippen molar-refractivity contribution < 1.29 is 9.47 Å². The van der Waals surface area contributed by atoms with E-state index in [0.717, 1.165) is 22.8 Å². The minimum Gasteiger partial charge on any atom is -0.497 e. The highest BCUT2D eigenvalue weighted by molar-refractivity contribution is 5.96. The van der Waals surface area contributed by atoms with Crippen LogP contribution in [0, 0.1) is 0 Å². The van der Waals surface area contributed by atoms with E-state index in [-0.39, 0.29) is 0 Å². The summed E-state index contributed by atoms with van der Waals surface area (Å²) < 4.78 is 10.4. The van der Waals surface area contributed by atoms with E-state index in [0.29, 0.717) is 22.8 Å². The van der Waals surface area contributed by atoms with Crippen LogP contribution in [-0.4, -0.2) is 19.9 Å². The van der Waals surface area contributed by atoms with Gasteiger partial charge in [0.2, 0.25) is 0 Å². The highest BCUT2D eigenvalue weighted by Crippen LogP contribution is 2.28. The Morgan fingerprint density at radius 1 is 0.960 bits per heavy atom. The van der Waals surface area contributed by atoms with E-state index in [2.05, 4.69) is 10.3 Å². The van der Waals surface area contributed by atoms with Crippen molar-refractivity contribution in [2.75, 3.05) is 31.0 Å². The fraction of sp³-hybridized carbons (Fsp3) is 0.211. The Labute approximate surface area is 148 Å². The van der Waals surface area contributed by atoms with E-state index < -0.39 is 0 Å². The summed E-state index contributed by atoms with van der Waals surface area (Å²) in [6.07, 6.45) is 1.91. The summed E-state index contributed by atoms with van der Waals surface area (Å²) in [5, 5.41) is 3.26. The molecule has 0 amide bonds. The molecule has 0 aliphatic rings. The van der Waals surface area contributed by atoms with Gasteiger partial charge in [-0.25, -0.2) is 0 Å². The number of allylic oxidation sites excluding steroid dienone is 2. The minimum atomic E-state index is 0.594. The molecule has 0 heterocycles. The van der Waals surface area contributed by atoms with Gasteiger partial charge in [-0.15, -0.1) is 0 Å². The van der Waals surface area contributed by atoms with Crippen LogP contribution in [0.4, 0.5) is 22.7 Å². The van der Waals surface area contributed by atoms with E-state index in [9.17, 15) is 0 Å². The van der Waals surface area contributed by atoms with E-state index in [1.54, 1.807) is 38.5 Å². The third kappa shape index (κ3) is 4.91. The zero-order valence-electron chi connectivity index (χ0n) is 15.0. The molecule has 132 valence electrons. The van der Waals surface area contributed by atoms with Gasteiger partial charge in [-0.2, -0.15) is 0 Å². The van der Waals surface area contributed by atoms with Crippen molar-refractivity contribution in [3.63, 3.8) is 0 Å². The lowest BCUT2D eigenvalue weighted by molar-refractivity contribution is 0.415. The summed E-state index contributed by atoms with van der Waals surface area (Å²) in [6.45, 7) is 3.84. The van der Waals surface area contributed by atoms with Gasteiger partial charge in [0, 0.05) is 23.5 Å². The zero-order chi connectivity index (χ0) is 18.4. The van der Waals surface area contributed by atoms with Crippen LogP contribution in [0.5, 0.6) is 11.5 Å². The topological polar surface area (TPSA) is 94.9 Å². The molecule has 0 unspecified atom stereocenters. The molecule has 2 aromatic rings. The fourth-order valence-electron chi connectivity index (χ4n) is 2.30. The summed E-state index contributed by atoms with van der Waals surface area (Å²) in [7, 11) is 3.23. The SMILES string of the molecule is COc1ccc(N)c(/N=C(C)/C=C(/C)Nc2cc(OC)ccc2N)c1. The summed E-state index contributed by atoms with van der Waals surface area (Å²) >= 11 is 0. The average Bonchev–Trinajstić information content (AvgIpc) is 2.58. The molecule has 6 heteroatoms. The number of benzene rings is 2. The first kappa shape index (κ1) is 18.2. The molecular weight excluding hydrogens is 316 g/mol. The van der Waals surface area contributed by atoms with Crippen molar-refractivity contribution in [3.8, 4) is 11.5 Å². The van der Waals surface area contributed by atoms with Gasteiger partial charge in [-0.1, -0.05) is 0 Å². The number of hydrogen-bond donors (Lipinski definition) is 3. The van der Waals surface area contributed by atoms with Gasteiger partial charge in [0.25, 0.3) is 0 Å². The molecule has 0 fully saturated rings. The molecule has 2 aromatic carbocycles. The number of hydrogen-bond acceptors (Lipinski definition) is 6. The second-order valence-electron chi connectivity index (χ2n) is 5.58. The standard InChI is InChI=1S/C19H24N4O2/c1-12(22-18-10-14(24-3)5-7-16(18)20)9-13(2)23-19-11-15(25-4)6-8-17(19)21/h5-11,22H,20-21H2,1-4H3/b12-9-,23-13+. The van der Waals surface area contributed by atoms with Crippen molar-refractivity contribution in [1.82, 2.24) is 0 Å². The van der Waals surface area contributed by atoms with Crippen molar-refractivity contribution in [3.05, 3.63) is 48.2 Å². The van der Waals surface area contributed by atoms with E-state index in [1.165, 1.54) is 0 Å². The lowest BCUT2D eigenvalue weighted by atomic mass is 10.2. The maximum Gasteiger partial charge on any atom is 0.121 e. The summed E-state index contributed by atoms with van der Waals surface area (Å²) in [4.78, 5) is 4.54. The maximum atomic E-state index is 5.99. The number of rotatable bonds is 6. The minimum absolute atomic E-state index is 0.594. The molecule has 0 aliphatic carbocycles. The molecule has 0 bridgehead atoms. The third-order valence-corrected chi connectivity index (χ3v) is 3.55. The number of methoxy groups -OCH3 is 2. The number of nitrogens with one attached hydrogen (secondary N) is 1. The molecule has 0 aromatic heterocycles. The first-order chi connectivity index (χ1) is 11.9. The lowest BCUT2D eigenvalue weighted by Gasteiger charge is -2.11. The Balaban J connectivity index is 2.21. The van der Waals surface area contributed by atoms with Gasteiger partial charge in [0.05, 0.1) is 37.0 Å². The largest absolute Gasteiger partial charge is 0.497 e. The van der Waals surface area contributed by atoms with Crippen LogP contribution in [0.1, 0.15) is 13.8 Å². The van der Waals surface area contributed by atoms with Gasteiger partial charge in [0.1, 0.15) is 11.5 Å². The molecule has 0 saturated carbocycles. The number of aliphatic imine (C=N–C) groups is 1. The third-order valence-electron chi connectivity index (χ3n) is 3.55. The molecule has 6 nitrogen and oxygen atoms in total. The van der Waals surface area contributed by atoms with Crippen LogP contribution in [0.3, 0.4) is 0 Å². The maximum absolute atomic E-state index is 5.99. The van der Waals surface area contributed by atoms with Crippen LogP contribution >= 0.6 is 0 Å². The molecule has 2 rings (SSSR count). The van der Waals surface area contributed by atoms with Gasteiger partial charge in [0.15, 0.2) is 0 Å². The Bertz CT molecular complexity index is 813. The smallest absolute Gasteiger partial charge is 0.121 e. The number of ether oxygens (including phenoxy) is 2. The second kappa shape index (κ2) is 8.10. The molecule has 0 radical (unpaired) electrons. The van der Waals surface area contributed by atoms with Crippen LogP contribution in [0.2, 0.25) is 0 Å². The number of nitrogens with zero attached hydrogens (tertiary/aromatic N) is 1. The van der Waals surface area contributed by atoms with Crippen LogP contribution in [-0.2, 0) is 0 Å². The number of anilines is 3. The normalized spacial score (nSPS) is 12.0. The Morgan fingerprint density at radius 2 is 1.56 bits per heavy atom. The van der Waals surface area contributed by atoms with Gasteiger partial charge < -0.3 is 26.3 Å². The Kier molecular flexibility index (Phi) is 5.89. The van der Waals surface area contributed by atoms with Crippen LogP contribution in [0.15, 0.2) is 53.2 Å². The summed E-state index contributed by atoms with van der Waals surface area (Å²) in [6, 6.07) is 10.8. The lowest BCUT2D eigenvalue weighted by Crippen LogP contribution is -2.02. The molecule has 0 aliphatic heterocycles. The van der Waals surface area contributed by atoms with Crippen molar-refractivity contribution in [2.45, 2.75) is 13.8 Å². The molecule has 25 heavy (non-hydrogen) atoms. The zero-order valence-corrected chi connectivity index (χ0v) is 15.0. The Hall–Kier alpha value is -3.15. The first-order valence-electron chi connectivity index (χ1n) is 7.80. The van der Waals surface area contributed by atoms with Crippen molar-refractivity contribution in [2.24, 2.45) is 4.99 Å². The molecule has 0 atom stereocenters. The van der Waals surface area contributed by atoms with E-state index >= 15 is 0 Å². The summed E-state index contributed by atoms with van der Waals surface area (Å²) in [5.41, 5.74) is 16.3. The summed E-state index contributed by atoms with van der Waals surface area (Å²) in [5.74, 6) is 1.45. The first-order valence-corrected chi connectivity index (χ1v) is 7.80. The molecule has 5 N–H and O–H groups in total. The van der Waals surface area contributed by atoms with Crippen molar-refractivity contribution >= 4 is 28.5 Å². The van der Waals surface area contributed by atoms with Crippen LogP contribution < -0.4 is 26.3 Å². The van der Waals surface area contributed by atoms with E-state index in [4.69, 9.17) is 20.9 Å². The van der Waals surface area contributed by atoms with Crippen molar-refractivity contribution in [1.29, 1.82) is 0 Å². The highest BCUT2D eigenvalue weighted by Gasteiger charge is 2.03. The predicted molar refractivity (Wildman–Crippen MR) is 105 cm³/mol. The number of nitrogens with two attached hydrogens (primary N) is 2. The highest BCUT2D eigenvalue weighted by atomic mass is 16.5. The Morgan fingerprint density at radius 3 is 2.20 bits per heavy atom. The second-order valence-corrected chi connectivity index (χ2v) is 5.58. The van der Waals surface area contributed by atoms with Gasteiger partial charge >= 0.3 is 0 Å². The average molecular weight is 340 g/mol. The van der Waals surface area contributed by atoms with Crippen LogP contribution in [0.25, 0.3) is 0 Å². The van der Waals surface area contributed by atoms with Gasteiger partial charge in [-0.3, -0.25) is 4.99 Å². The predicted octanol–water partition coefficient (Wildman–Crippen LogP) is 3.98. The number of nitrogen functional groups attached to an aromatic ring is 2. The van der Waals surface area contributed by atoms with E-state index in [1.807, 2.05) is 32.1 Å². The fourth-order valence-corrected chi connectivity index (χ4v) is 2.30. The molecule has 0 saturated heterocycles. The quantitative estimate of drug-likeness (QED) is 0.546. The van der Waals surface area contributed by atoms with Gasteiger partial charge in [-0.05, 0) is 44.2 Å².